The van der Waals surface area contributed by atoms with Crippen molar-refractivity contribution in [3.63, 3.8) is 0 Å². The average molecular weight is 416 g/mol. The Morgan fingerprint density at radius 1 is 1.27 bits per heavy atom. The van der Waals surface area contributed by atoms with Crippen LogP contribution in [0.2, 0.25) is 0 Å². The monoisotopic (exact) mass is 415 g/mol. The number of fused-ring (bicyclic) bond motifs is 1. The maximum atomic E-state index is 13.0. The largest absolute Gasteiger partial charge is 0.497 e. The fourth-order valence-electron chi connectivity index (χ4n) is 3.65. The Bertz CT molecular complexity index is 897. The number of likely N-dealkylation sites (tertiary alicyclic amines) is 1. The molecule has 0 aromatic heterocycles. The van der Waals surface area contributed by atoms with Crippen molar-refractivity contribution < 1.29 is 19.1 Å². The lowest BCUT2D eigenvalue weighted by molar-refractivity contribution is 0.0428. The highest BCUT2D eigenvalue weighted by Gasteiger charge is 2.47. The first-order valence-corrected chi connectivity index (χ1v) is 9.25. The molecule has 2 aliphatic heterocycles. The highest BCUT2D eigenvalue weighted by atomic mass is 79.9. The van der Waals surface area contributed by atoms with Crippen molar-refractivity contribution in [1.29, 1.82) is 0 Å². The second-order valence-corrected chi connectivity index (χ2v) is 7.56. The number of halogens is 1. The Balaban J connectivity index is 1.58. The number of methoxy groups -OCH3 is 1. The maximum absolute atomic E-state index is 13.0. The van der Waals surface area contributed by atoms with Gasteiger partial charge in [-0.25, -0.2) is 0 Å². The Labute approximate surface area is 160 Å². The minimum absolute atomic E-state index is 0.0729. The van der Waals surface area contributed by atoms with Crippen LogP contribution in [0.4, 0.5) is 0 Å². The molecule has 0 saturated carbocycles. The number of carbonyl (C=O) groups is 2. The molecule has 2 aromatic rings. The summed E-state index contributed by atoms with van der Waals surface area (Å²) in [5, 5.41) is 0. The molecule has 4 rings (SSSR count). The van der Waals surface area contributed by atoms with Gasteiger partial charge in [-0.3, -0.25) is 9.59 Å². The SMILES string of the molecule is COc1ccc(Br)c(C(=O)N2CC[C@]3(CC(=O)c4ccccc4O3)C2)c1. The highest BCUT2D eigenvalue weighted by molar-refractivity contribution is 9.10. The fourth-order valence-corrected chi connectivity index (χ4v) is 4.07. The van der Waals surface area contributed by atoms with Crippen LogP contribution in [0.15, 0.2) is 46.9 Å². The molecule has 1 amide bonds. The summed E-state index contributed by atoms with van der Waals surface area (Å²) in [6.45, 7) is 0.952. The molecule has 0 N–H and O–H groups in total. The van der Waals surface area contributed by atoms with Gasteiger partial charge in [0.2, 0.25) is 0 Å². The van der Waals surface area contributed by atoms with Gasteiger partial charge in [-0.05, 0) is 46.3 Å². The Hall–Kier alpha value is -2.34. The minimum atomic E-state index is -0.633. The van der Waals surface area contributed by atoms with Crippen molar-refractivity contribution in [2.75, 3.05) is 20.2 Å². The number of nitrogens with zero attached hydrogens (tertiary/aromatic N) is 1. The molecule has 1 fully saturated rings. The van der Waals surface area contributed by atoms with Gasteiger partial charge in [0, 0.05) is 17.4 Å². The molecule has 6 heteroatoms. The van der Waals surface area contributed by atoms with Crippen LogP contribution in [0.1, 0.15) is 33.6 Å². The molecule has 2 aliphatic rings. The standard InChI is InChI=1S/C20H18BrNO4/c1-25-13-6-7-16(21)15(10-13)19(24)22-9-8-20(12-22)11-17(23)14-4-2-3-5-18(14)26-20/h2-7,10H,8-9,11-12H2,1H3/t20-/m0/s1. The summed E-state index contributed by atoms with van der Waals surface area (Å²) >= 11 is 3.44. The summed E-state index contributed by atoms with van der Waals surface area (Å²) in [6, 6.07) is 12.6. The third kappa shape index (κ3) is 2.88. The Morgan fingerprint density at radius 2 is 2.08 bits per heavy atom. The number of amides is 1. The van der Waals surface area contributed by atoms with E-state index in [2.05, 4.69) is 15.9 Å². The van der Waals surface area contributed by atoms with E-state index in [-0.39, 0.29) is 11.7 Å². The van der Waals surface area contributed by atoms with Gasteiger partial charge in [0.1, 0.15) is 17.1 Å². The van der Waals surface area contributed by atoms with Crippen molar-refractivity contribution >= 4 is 27.6 Å². The summed E-state index contributed by atoms with van der Waals surface area (Å²) in [5.41, 5.74) is 0.536. The van der Waals surface area contributed by atoms with Gasteiger partial charge < -0.3 is 14.4 Å². The minimum Gasteiger partial charge on any atom is -0.497 e. The first-order chi connectivity index (χ1) is 12.5. The van der Waals surface area contributed by atoms with Gasteiger partial charge in [0.15, 0.2) is 5.78 Å². The number of rotatable bonds is 2. The van der Waals surface area contributed by atoms with Crippen LogP contribution in [0.3, 0.4) is 0 Å². The van der Waals surface area contributed by atoms with Crippen LogP contribution >= 0.6 is 15.9 Å². The molecule has 26 heavy (non-hydrogen) atoms. The van der Waals surface area contributed by atoms with Crippen LogP contribution in [0.25, 0.3) is 0 Å². The number of hydrogen-bond acceptors (Lipinski definition) is 4. The Kier molecular flexibility index (Phi) is 4.23. The fraction of sp³-hybridized carbons (Fsp3) is 0.300. The van der Waals surface area contributed by atoms with Crippen LogP contribution in [-0.4, -0.2) is 42.4 Å². The molecular weight excluding hydrogens is 398 g/mol. The number of carbonyl (C=O) groups excluding carboxylic acids is 2. The second kappa shape index (κ2) is 6.43. The normalized spacial score (nSPS) is 21.5. The van der Waals surface area contributed by atoms with Crippen LogP contribution in [-0.2, 0) is 0 Å². The lowest BCUT2D eigenvalue weighted by Crippen LogP contribution is -2.45. The molecule has 0 radical (unpaired) electrons. The Morgan fingerprint density at radius 3 is 2.88 bits per heavy atom. The van der Waals surface area contributed by atoms with Gasteiger partial charge in [0.05, 0.1) is 31.2 Å². The van der Waals surface area contributed by atoms with Crippen molar-refractivity contribution in [2.24, 2.45) is 0 Å². The molecule has 2 heterocycles. The van der Waals surface area contributed by atoms with Gasteiger partial charge in [0.25, 0.3) is 5.91 Å². The molecule has 1 spiro atoms. The first-order valence-electron chi connectivity index (χ1n) is 8.45. The van der Waals surface area contributed by atoms with Crippen molar-refractivity contribution in [2.45, 2.75) is 18.4 Å². The molecule has 1 saturated heterocycles. The zero-order valence-electron chi connectivity index (χ0n) is 14.3. The number of hydrogen-bond donors (Lipinski definition) is 0. The van der Waals surface area contributed by atoms with Crippen LogP contribution in [0.5, 0.6) is 11.5 Å². The van der Waals surface area contributed by atoms with Gasteiger partial charge >= 0.3 is 0 Å². The molecule has 2 aromatic carbocycles. The van der Waals surface area contributed by atoms with Crippen molar-refractivity contribution in [3.05, 3.63) is 58.1 Å². The number of para-hydroxylation sites is 1. The average Bonchev–Trinajstić information content (AvgIpc) is 3.04. The summed E-state index contributed by atoms with van der Waals surface area (Å²) in [5.74, 6) is 1.22. The van der Waals surface area contributed by atoms with Gasteiger partial charge in [-0.2, -0.15) is 0 Å². The van der Waals surface area contributed by atoms with E-state index in [1.165, 1.54) is 0 Å². The molecular formula is C20H18BrNO4. The second-order valence-electron chi connectivity index (χ2n) is 6.70. The van der Waals surface area contributed by atoms with E-state index in [1.807, 2.05) is 18.2 Å². The zero-order valence-corrected chi connectivity index (χ0v) is 15.9. The van der Waals surface area contributed by atoms with Crippen molar-refractivity contribution in [3.8, 4) is 11.5 Å². The van der Waals surface area contributed by atoms with Gasteiger partial charge in [-0.1, -0.05) is 12.1 Å². The van der Waals surface area contributed by atoms with E-state index < -0.39 is 5.60 Å². The van der Waals surface area contributed by atoms with E-state index in [4.69, 9.17) is 9.47 Å². The summed E-state index contributed by atoms with van der Waals surface area (Å²) in [4.78, 5) is 27.3. The highest BCUT2D eigenvalue weighted by Crippen LogP contribution is 2.39. The molecule has 0 aliphatic carbocycles. The quantitative estimate of drug-likeness (QED) is 0.749. The molecule has 5 nitrogen and oxygen atoms in total. The summed E-state index contributed by atoms with van der Waals surface area (Å²) < 4.78 is 12.1. The van der Waals surface area contributed by atoms with Crippen LogP contribution in [0, 0.1) is 0 Å². The molecule has 1 atom stereocenters. The lowest BCUT2D eigenvalue weighted by atomic mass is 9.89. The number of Topliss-reactive ketones (excluding diaryl/α,β-unsaturated/α-hetero) is 1. The molecule has 0 bridgehead atoms. The summed E-state index contributed by atoms with van der Waals surface area (Å²) in [6.07, 6.45) is 0.938. The molecule has 0 unspecified atom stereocenters. The maximum Gasteiger partial charge on any atom is 0.255 e. The third-order valence-corrected chi connectivity index (χ3v) is 5.70. The van der Waals surface area contributed by atoms with E-state index in [9.17, 15) is 9.59 Å². The number of ketones is 1. The van der Waals surface area contributed by atoms with Crippen molar-refractivity contribution in [1.82, 2.24) is 4.90 Å². The first kappa shape index (κ1) is 17.1. The van der Waals surface area contributed by atoms with E-state index in [0.29, 0.717) is 48.6 Å². The van der Waals surface area contributed by atoms with Gasteiger partial charge in [-0.15, -0.1) is 0 Å². The predicted molar refractivity (Wildman–Crippen MR) is 100.0 cm³/mol. The van der Waals surface area contributed by atoms with E-state index >= 15 is 0 Å². The topological polar surface area (TPSA) is 55.8 Å². The van der Waals surface area contributed by atoms with E-state index in [0.717, 1.165) is 4.47 Å². The number of ether oxygens (including phenoxy) is 2. The number of benzene rings is 2. The van der Waals surface area contributed by atoms with E-state index in [1.54, 1.807) is 36.3 Å². The smallest absolute Gasteiger partial charge is 0.255 e. The lowest BCUT2D eigenvalue weighted by Gasteiger charge is -2.34. The zero-order chi connectivity index (χ0) is 18.3. The third-order valence-electron chi connectivity index (χ3n) is 5.00. The summed E-state index contributed by atoms with van der Waals surface area (Å²) in [7, 11) is 1.57. The van der Waals surface area contributed by atoms with Crippen LogP contribution < -0.4 is 9.47 Å². The molecule has 134 valence electrons. The predicted octanol–water partition coefficient (Wildman–Crippen LogP) is 3.71.